The maximum atomic E-state index is 11.6. The van der Waals surface area contributed by atoms with E-state index < -0.39 is 18.0 Å². The van der Waals surface area contributed by atoms with Gasteiger partial charge in [-0.05, 0) is 18.9 Å². The minimum atomic E-state index is -1.04. The Morgan fingerprint density at radius 1 is 1.21 bits per heavy atom. The second kappa shape index (κ2) is 7.41. The lowest BCUT2D eigenvalue weighted by atomic mass is 10.1. The molecule has 5 heteroatoms. The van der Waals surface area contributed by atoms with Crippen LogP contribution in [0.15, 0.2) is 30.3 Å². The first-order valence-electron chi connectivity index (χ1n) is 6.36. The molecule has 0 saturated heterocycles. The quantitative estimate of drug-likeness (QED) is 0.733. The smallest absolute Gasteiger partial charge is 0.326 e. The average molecular weight is 264 g/mol. The molecule has 0 heterocycles. The molecule has 0 aromatic heterocycles. The van der Waals surface area contributed by atoms with E-state index in [1.165, 1.54) is 0 Å². The highest BCUT2D eigenvalue weighted by molar-refractivity contribution is 5.82. The van der Waals surface area contributed by atoms with E-state index in [4.69, 9.17) is 5.11 Å². The van der Waals surface area contributed by atoms with Crippen molar-refractivity contribution in [2.45, 2.75) is 38.8 Å². The molecule has 0 spiro atoms. The van der Waals surface area contributed by atoms with Gasteiger partial charge < -0.3 is 15.7 Å². The largest absolute Gasteiger partial charge is 0.480 e. The van der Waals surface area contributed by atoms with Crippen LogP contribution in [-0.4, -0.2) is 29.2 Å². The molecule has 0 aliphatic rings. The van der Waals surface area contributed by atoms with Crippen LogP contribution in [0, 0.1) is 0 Å². The van der Waals surface area contributed by atoms with Gasteiger partial charge in [0.1, 0.15) is 6.04 Å². The Morgan fingerprint density at radius 2 is 1.84 bits per heavy atom. The molecule has 104 valence electrons. The molecule has 0 aliphatic carbocycles. The summed E-state index contributed by atoms with van der Waals surface area (Å²) in [7, 11) is 0. The maximum Gasteiger partial charge on any atom is 0.326 e. The number of carbonyl (C=O) groups is 2. The third-order valence-electron chi connectivity index (χ3n) is 2.88. The summed E-state index contributed by atoms with van der Waals surface area (Å²) >= 11 is 0. The molecule has 1 aromatic carbocycles. The Labute approximate surface area is 113 Å². The number of hydrogen-bond donors (Lipinski definition) is 3. The predicted octanol–water partition coefficient (Wildman–Crippen LogP) is 1.78. The highest BCUT2D eigenvalue weighted by atomic mass is 16.4. The number of benzene rings is 1. The van der Waals surface area contributed by atoms with Crippen LogP contribution in [0.1, 0.15) is 25.8 Å². The van der Waals surface area contributed by atoms with Gasteiger partial charge in [-0.15, -0.1) is 0 Å². The Morgan fingerprint density at radius 3 is 2.37 bits per heavy atom. The zero-order chi connectivity index (χ0) is 14.3. The van der Waals surface area contributed by atoms with E-state index in [2.05, 4.69) is 10.6 Å². The molecule has 0 fully saturated rings. The molecular formula is C14H20N2O3. The number of urea groups is 1. The number of nitrogens with one attached hydrogen (secondary N) is 2. The van der Waals surface area contributed by atoms with Crippen molar-refractivity contribution in [3.8, 4) is 0 Å². The van der Waals surface area contributed by atoms with Crippen molar-refractivity contribution in [2.24, 2.45) is 0 Å². The van der Waals surface area contributed by atoms with E-state index in [1.807, 2.05) is 44.2 Å². The number of carboxylic acids is 1. The molecule has 0 saturated carbocycles. The van der Waals surface area contributed by atoms with Gasteiger partial charge >= 0.3 is 12.0 Å². The van der Waals surface area contributed by atoms with Gasteiger partial charge in [-0.25, -0.2) is 9.59 Å². The number of amides is 2. The molecule has 1 rings (SSSR count). The third-order valence-corrected chi connectivity index (χ3v) is 2.88. The summed E-state index contributed by atoms with van der Waals surface area (Å²) in [4.78, 5) is 22.8. The van der Waals surface area contributed by atoms with Gasteiger partial charge in [-0.2, -0.15) is 0 Å². The van der Waals surface area contributed by atoms with Crippen molar-refractivity contribution in [1.29, 1.82) is 0 Å². The Balaban J connectivity index is 2.59. The molecule has 0 radical (unpaired) electrons. The number of carboxylic acid groups (broad SMARTS) is 1. The Kier molecular flexibility index (Phi) is 5.85. The van der Waals surface area contributed by atoms with E-state index >= 15 is 0 Å². The van der Waals surface area contributed by atoms with Crippen LogP contribution in [0.3, 0.4) is 0 Å². The molecule has 2 atom stereocenters. The molecule has 19 heavy (non-hydrogen) atoms. The lowest BCUT2D eigenvalue weighted by Gasteiger charge is -2.17. The average Bonchev–Trinajstić information content (AvgIpc) is 2.38. The van der Waals surface area contributed by atoms with Gasteiger partial charge in [0.25, 0.3) is 0 Å². The number of rotatable bonds is 6. The summed E-state index contributed by atoms with van der Waals surface area (Å²) in [5, 5.41) is 14.3. The fourth-order valence-electron chi connectivity index (χ4n) is 1.58. The van der Waals surface area contributed by atoms with E-state index in [9.17, 15) is 9.59 Å². The highest BCUT2D eigenvalue weighted by Gasteiger charge is 2.20. The van der Waals surface area contributed by atoms with Gasteiger partial charge in [0.15, 0.2) is 0 Å². The SMILES string of the molecule is CCC(C)NC(=O)N[C@H](Cc1ccccc1)C(=O)O. The van der Waals surface area contributed by atoms with Crippen molar-refractivity contribution in [2.75, 3.05) is 0 Å². The van der Waals surface area contributed by atoms with Crippen LogP contribution in [0.5, 0.6) is 0 Å². The Hall–Kier alpha value is -2.04. The van der Waals surface area contributed by atoms with Crippen LogP contribution < -0.4 is 10.6 Å². The van der Waals surface area contributed by atoms with Gasteiger partial charge in [0.05, 0.1) is 0 Å². The monoisotopic (exact) mass is 264 g/mol. The number of hydrogen-bond acceptors (Lipinski definition) is 2. The van der Waals surface area contributed by atoms with Crippen LogP contribution in [0.4, 0.5) is 4.79 Å². The molecule has 3 N–H and O–H groups in total. The normalized spacial score (nSPS) is 13.4. The number of aliphatic carboxylic acids is 1. The second-order valence-electron chi connectivity index (χ2n) is 4.51. The topological polar surface area (TPSA) is 78.4 Å². The lowest BCUT2D eigenvalue weighted by Crippen LogP contribution is -2.49. The molecule has 1 unspecified atom stereocenters. The van der Waals surface area contributed by atoms with Crippen LogP contribution in [0.2, 0.25) is 0 Å². The molecular weight excluding hydrogens is 244 g/mol. The molecule has 5 nitrogen and oxygen atoms in total. The summed E-state index contributed by atoms with van der Waals surface area (Å²) < 4.78 is 0. The van der Waals surface area contributed by atoms with E-state index in [0.717, 1.165) is 12.0 Å². The van der Waals surface area contributed by atoms with Crippen molar-refractivity contribution in [3.63, 3.8) is 0 Å². The predicted molar refractivity (Wildman–Crippen MR) is 73.0 cm³/mol. The van der Waals surface area contributed by atoms with E-state index in [0.29, 0.717) is 0 Å². The first-order valence-corrected chi connectivity index (χ1v) is 6.36. The summed E-state index contributed by atoms with van der Waals surface area (Å²) in [6.45, 7) is 3.82. The molecule has 2 amide bonds. The molecule has 1 aromatic rings. The van der Waals surface area contributed by atoms with Crippen molar-refractivity contribution >= 4 is 12.0 Å². The Bertz CT molecular complexity index is 420. The zero-order valence-corrected chi connectivity index (χ0v) is 11.2. The molecule has 0 bridgehead atoms. The van der Waals surface area contributed by atoms with Gasteiger partial charge in [0, 0.05) is 12.5 Å². The minimum absolute atomic E-state index is 0.0196. The van der Waals surface area contributed by atoms with Crippen LogP contribution >= 0.6 is 0 Å². The summed E-state index contributed by atoms with van der Waals surface area (Å²) in [5.74, 6) is -1.04. The van der Waals surface area contributed by atoms with Crippen LogP contribution in [0.25, 0.3) is 0 Å². The number of carbonyl (C=O) groups excluding carboxylic acids is 1. The lowest BCUT2D eigenvalue weighted by molar-refractivity contribution is -0.139. The van der Waals surface area contributed by atoms with Crippen LogP contribution in [-0.2, 0) is 11.2 Å². The van der Waals surface area contributed by atoms with Crippen molar-refractivity contribution in [1.82, 2.24) is 10.6 Å². The molecule has 0 aliphatic heterocycles. The summed E-state index contributed by atoms with van der Waals surface area (Å²) in [6, 6.07) is 7.87. The standard InChI is InChI=1S/C14H20N2O3/c1-3-10(2)15-14(19)16-12(13(17)18)9-11-7-5-4-6-8-11/h4-8,10,12H,3,9H2,1-2H3,(H,17,18)(H2,15,16,19)/t10?,12-/m1/s1. The van der Waals surface area contributed by atoms with E-state index in [-0.39, 0.29) is 12.5 Å². The summed E-state index contributed by atoms with van der Waals surface area (Å²) in [5.41, 5.74) is 0.874. The zero-order valence-electron chi connectivity index (χ0n) is 11.2. The van der Waals surface area contributed by atoms with E-state index in [1.54, 1.807) is 0 Å². The maximum absolute atomic E-state index is 11.6. The third kappa shape index (κ3) is 5.42. The second-order valence-corrected chi connectivity index (χ2v) is 4.51. The first-order chi connectivity index (χ1) is 9.02. The fourth-order valence-corrected chi connectivity index (χ4v) is 1.58. The summed E-state index contributed by atoms with van der Waals surface area (Å²) in [6.07, 6.45) is 1.06. The van der Waals surface area contributed by atoms with Gasteiger partial charge in [0.2, 0.25) is 0 Å². The van der Waals surface area contributed by atoms with Gasteiger partial charge in [-0.1, -0.05) is 37.3 Å². The van der Waals surface area contributed by atoms with Crippen molar-refractivity contribution in [3.05, 3.63) is 35.9 Å². The highest BCUT2D eigenvalue weighted by Crippen LogP contribution is 2.03. The fraction of sp³-hybridized carbons (Fsp3) is 0.429. The minimum Gasteiger partial charge on any atom is -0.480 e. The van der Waals surface area contributed by atoms with Gasteiger partial charge in [-0.3, -0.25) is 0 Å². The van der Waals surface area contributed by atoms with Crippen molar-refractivity contribution < 1.29 is 14.7 Å². The first kappa shape index (κ1) is 15.0.